The molecule has 0 unspecified atom stereocenters. The predicted molar refractivity (Wildman–Crippen MR) is 98.7 cm³/mol. The Bertz CT molecular complexity index is 831. The molecule has 0 radical (unpaired) electrons. The van der Waals surface area contributed by atoms with Gasteiger partial charge in [-0.25, -0.2) is 4.68 Å². The van der Waals surface area contributed by atoms with Crippen LogP contribution in [0.5, 0.6) is 0 Å². The highest BCUT2D eigenvalue weighted by Crippen LogP contribution is 2.28. The third-order valence-corrected chi connectivity index (χ3v) is 5.13. The standard InChI is InChI=1S/C16H20N6O3S/c1-21-16(18-14(20-21)10-5-7-17-8-6-10)19-15(23)11-3-4-13(26-2)12(9-11)22(24)25/h3-4,9-10,17H,5-8H2,1-2H3,(H,18,19,20,23). The van der Waals surface area contributed by atoms with E-state index >= 15 is 0 Å². The molecule has 2 N–H and O–H groups in total. The molecule has 0 atom stereocenters. The molecule has 2 aromatic rings. The minimum Gasteiger partial charge on any atom is -0.317 e. The van der Waals surface area contributed by atoms with Gasteiger partial charge in [0.25, 0.3) is 11.6 Å². The number of hydrogen-bond donors (Lipinski definition) is 2. The van der Waals surface area contributed by atoms with Gasteiger partial charge in [0.15, 0.2) is 5.82 Å². The van der Waals surface area contributed by atoms with Crippen LogP contribution in [0.1, 0.15) is 34.9 Å². The number of nitrogens with one attached hydrogen (secondary N) is 2. The second-order valence-electron chi connectivity index (χ2n) is 6.04. The minimum atomic E-state index is -0.486. The topological polar surface area (TPSA) is 115 Å². The van der Waals surface area contributed by atoms with Crippen molar-refractivity contribution in [2.45, 2.75) is 23.7 Å². The molecule has 26 heavy (non-hydrogen) atoms. The Morgan fingerprint density at radius 1 is 1.42 bits per heavy atom. The summed E-state index contributed by atoms with van der Waals surface area (Å²) in [7, 11) is 1.71. The summed E-state index contributed by atoms with van der Waals surface area (Å²) in [6.07, 6.45) is 3.67. The smallest absolute Gasteiger partial charge is 0.283 e. The number of nitro groups is 1. The molecule has 1 saturated heterocycles. The Morgan fingerprint density at radius 3 is 2.81 bits per heavy atom. The van der Waals surface area contributed by atoms with Crippen LogP contribution in [0, 0.1) is 10.1 Å². The van der Waals surface area contributed by atoms with Crippen LogP contribution in [0.4, 0.5) is 11.6 Å². The van der Waals surface area contributed by atoms with Gasteiger partial charge in [0.05, 0.1) is 9.82 Å². The van der Waals surface area contributed by atoms with Gasteiger partial charge in [-0.3, -0.25) is 20.2 Å². The van der Waals surface area contributed by atoms with E-state index in [0.29, 0.717) is 16.7 Å². The third kappa shape index (κ3) is 3.86. The molecule has 0 saturated carbocycles. The summed E-state index contributed by atoms with van der Waals surface area (Å²) in [5.41, 5.74) is 0.124. The minimum absolute atomic E-state index is 0.0847. The van der Waals surface area contributed by atoms with Crippen LogP contribution < -0.4 is 10.6 Å². The number of nitrogens with zero attached hydrogens (tertiary/aromatic N) is 4. The molecule has 1 fully saturated rings. The number of carbonyl (C=O) groups is 1. The number of carbonyl (C=O) groups excluding carboxylic acids is 1. The van der Waals surface area contributed by atoms with Gasteiger partial charge in [0.1, 0.15) is 0 Å². The Kier molecular flexibility index (Phi) is 5.52. The van der Waals surface area contributed by atoms with Gasteiger partial charge in [0, 0.05) is 24.6 Å². The lowest BCUT2D eigenvalue weighted by atomic mass is 9.98. The summed E-state index contributed by atoms with van der Waals surface area (Å²) >= 11 is 1.26. The van der Waals surface area contributed by atoms with E-state index in [1.165, 1.54) is 22.5 Å². The van der Waals surface area contributed by atoms with Gasteiger partial charge >= 0.3 is 0 Å². The molecule has 3 rings (SSSR count). The lowest BCUT2D eigenvalue weighted by molar-refractivity contribution is -0.387. The summed E-state index contributed by atoms with van der Waals surface area (Å²) in [6.45, 7) is 1.85. The first-order valence-corrected chi connectivity index (χ1v) is 9.47. The van der Waals surface area contributed by atoms with E-state index in [2.05, 4.69) is 20.7 Å². The van der Waals surface area contributed by atoms with E-state index in [1.807, 2.05) is 0 Å². The average Bonchev–Trinajstić information content (AvgIpc) is 3.02. The molecule has 0 aliphatic carbocycles. The number of aromatic nitrogens is 3. The molecule has 10 heteroatoms. The first-order chi connectivity index (χ1) is 12.5. The first-order valence-electron chi connectivity index (χ1n) is 8.25. The summed E-state index contributed by atoms with van der Waals surface area (Å²) < 4.78 is 1.53. The van der Waals surface area contributed by atoms with Gasteiger partial charge in [0.2, 0.25) is 5.95 Å². The lowest BCUT2D eigenvalue weighted by Gasteiger charge is -2.19. The second-order valence-corrected chi connectivity index (χ2v) is 6.89. The van der Waals surface area contributed by atoms with Crippen molar-refractivity contribution >= 4 is 29.3 Å². The van der Waals surface area contributed by atoms with Crippen LogP contribution in [0.3, 0.4) is 0 Å². The molecule has 1 aliphatic rings. The van der Waals surface area contributed by atoms with Crippen molar-refractivity contribution in [3.05, 3.63) is 39.7 Å². The number of aryl methyl sites for hydroxylation is 1. The van der Waals surface area contributed by atoms with Crippen LogP contribution in [-0.4, -0.2) is 44.9 Å². The fourth-order valence-electron chi connectivity index (χ4n) is 2.91. The molecular formula is C16H20N6O3S. The molecule has 1 aliphatic heterocycles. The first kappa shape index (κ1) is 18.3. The van der Waals surface area contributed by atoms with E-state index < -0.39 is 10.8 Å². The normalized spacial score (nSPS) is 15.0. The predicted octanol–water partition coefficient (Wildman–Crippen LogP) is 2.16. The molecule has 1 aromatic heterocycles. The third-order valence-electron chi connectivity index (χ3n) is 4.35. The summed E-state index contributed by atoms with van der Waals surface area (Å²) in [5, 5.41) is 21.6. The van der Waals surface area contributed by atoms with Crippen LogP contribution in [0.15, 0.2) is 23.1 Å². The Balaban J connectivity index is 1.79. The highest BCUT2D eigenvalue weighted by atomic mass is 32.2. The molecular weight excluding hydrogens is 356 g/mol. The fourth-order valence-corrected chi connectivity index (χ4v) is 3.46. The van der Waals surface area contributed by atoms with Gasteiger partial charge < -0.3 is 5.32 Å². The summed E-state index contributed by atoms with van der Waals surface area (Å²) in [5.74, 6) is 0.872. The van der Waals surface area contributed by atoms with Gasteiger partial charge in [-0.15, -0.1) is 11.8 Å². The highest BCUT2D eigenvalue weighted by molar-refractivity contribution is 7.98. The second kappa shape index (κ2) is 7.83. The molecule has 9 nitrogen and oxygen atoms in total. The van der Waals surface area contributed by atoms with Gasteiger partial charge in [-0.2, -0.15) is 10.1 Å². The number of benzene rings is 1. The van der Waals surface area contributed by atoms with E-state index in [9.17, 15) is 14.9 Å². The average molecular weight is 376 g/mol. The molecule has 1 aromatic carbocycles. The van der Waals surface area contributed by atoms with E-state index in [1.54, 1.807) is 25.4 Å². The summed E-state index contributed by atoms with van der Waals surface area (Å²) in [4.78, 5) is 28.1. The number of amides is 1. The van der Waals surface area contributed by atoms with Crippen molar-refractivity contribution in [2.75, 3.05) is 24.7 Å². The molecule has 1 amide bonds. The Morgan fingerprint density at radius 2 is 2.15 bits per heavy atom. The maximum atomic E-state index is 12.5. The number of piperidine rings is 1. The number of thioether (sulfide) groups is 1. The van der Waals surface area contributed by atoms with Crippen molar-refractivity contribution in [1.82, 2.24) is 20.1 Å². The Labute approximate surface area is 154 Å². The quantitative estimate of drug-likeness (QED) is 0.467. The number of hydrogen-bond acceptors (Lipinski definition) is 7. The van der Waals surface area contributed by atoms with Crippen molar-refractivity contribution in [1.29, 1.82) is 0 Å². The zero-order valence-corrected chi connectivity index (χ0v) is 15.4. The largest absolute Gasteiger partial charge is 0.317 e. The summed E-state index contributed by atoms with van der Waals surface area (Å²) in [6, 6.07) is 4.43. The van der Waals surface area contributed by atoms with Crippen LogP contribution in [0.25, 0.3) is 0 Å². The number of anilines is 1. The molecule has 138 valence electrons. The van der Waals surface area contributed by atoms with Crippen molar-refractivity contribution in [2.24, 2.45) is 7.05 Å². The van der Waals surface area contributed by atoms with Gasteiger partial charge in [-0.05, 0) is 44.3 Å². The molecule has 0 spiro atoms. The van der Waals surface area contributed by atoms with Gasteiger partial charge in [-0.1, -0.05) is 0 Å². The number of rotatable bonds is 5. The monoisotopic (exact) mass is 376 g/mol. The van der Waals surface area contributed by atoms with Crippen LogP contribution >= 0.6 is 11.8 Å². The maximum absolute atomic E-state index is 12.5. The zero-order chi connectivity index (χ0) is 18.7. The fraction of sp³-hybridized carbons (Fsp3) is 0.438. The van der Waals surface area contributed by atoms with Crippen molar-refractivity contribution in [3.63, 3.8) is 0 Å². The SMILES string of the molecule is CSc1ccc(C(=O)Nc2nc(C3CCNCC3)nn2C)cc1[N+](=O)[O-]. The lowest BCUT2D eigenvalue weighted by Crippen LogP contribution is -2.27. The van der Waals surface area contributed by atoms with E-state index in [4.69, 9.17) is 0 Å². The van der Waals surface area contributed by atoms with Crippen molar-refractivity contribution < 1.29 is 9.72 Å². The van der Waals surface area contributed by atoms with Crippen molar-refractivity contribution in [3.8, 4) is 0 Å². The van der Waals surface area contributed by atoms with Crippen LogP contribution in [-0.2, 0) is 7.05 Å². The molecule has 0 bridgehead atoms. The zero-order valence-electron chi connectivity index (χ0n) is 14.6. The molecule has 2 heterocycles. The Hall–Kier alpha value is -2.46. The van der Waals surface area contributed by atoms with Crippen LogP contribution in [0.2, 0.25) is 0 Å². The highest BCUT2D eigenvalue weighted by Gasteiger charge is 2.22. The van der Waals surface area contributed by atoms with E-state index in [-0.39, 0.29) is 17.2 Å². The van der Waals surface area contributed by atoms with E-state index in [0.717, 1.165) is 25.9 Å². The number of nitro benzene ring substituents is 1. The maximum Gasteiger partial charge on any atom is 0.283 e.